The summed E-state index contributed by atoms with van der Waals surface area (Å²) in [5, 5.41) is 3.16. The van der Waals surface area contributed by atoms with Crippen LogP contribution >= 0.6 is 0 Å². The number of benzene rings is 2. The lowest BCUT2D eigenvalue weighted by molar-refractivity contribution is 0.303. The fourth-order valence-corrected chi connectivity index (χ4v) is 2.82. The van der Waals surface area contributed by atoms with Gasteiger partial charge in [0.1, 0.15) is 0 Å². The predicted molar refractivity (Wildman–Crippen MR) is 112 cm³/mol. The molecule has 0 saturated carbocycles. The molecule has 2 aromatic carbocycles. The molecular formula is C21H30N4O2. The summed E-state index contributed by atoms with van der Waals surface area (Å²) in [7, 11) is 7.30. The van der Waals surface area contributed by atoms with Gasteiger partial charge in [-0.3, -0.25) is 4.99 Å². The van der Waals surface area contributed by atoms with Crippen molar-refractivity contribution in [2.75, 3.05) is 40.2 Å². The number of nitrogens with zero attached hydrogens (tertiary/aromatic N) is 2. The Balaban J connectivity index is 2.15. The zero-order valence-corrected chi connectivity index (χ0v) is 17.0. The number of hydrogen-bond donors (Lipinski definition) is 2. The zero-order chi connectivity index (χ0) is 20.0. The highest BCUT2D eigenvalue weighted by Gasteiger charge is 2.16. The molecule has 1 unspecified atom stereocenters. The van der Waals surface area contributed by atoms with E-state index in [1.807, 2.05) is 38.4 Å². The van der Waals surface area contributed by atoms with Crippen LogP contribution in [0.5, 0.6) is 11.5 Å². The molecule has 0 radical (unpaired) electrons. The van der Waals surface area contributed by atoms with Crippen LogP contribution in [-0.4, -0.2) is 45.7 Å². The van der Waals surface area contributed by atoms with Gasteiger partial charge in [-0.25, -0.2) is 0 Å². The second kappa shape index (κ2) is 9.28. The highest BCUT2D eigenvalue weighted by atomic mass is 16.5. The smallest absolute Gasteiger partial charge is 0.193 e. The molecule has 0 saturated heterocycles. The molecule has 3 N–H and O–H groups in total. The fourth-order valence-electron chi connectivity index (χ4n) is 2.82. The van der Waals surface area contributed by atoms with Gasteiger partial charge >= 0.3 is 0 Å². The lowest BCUT2D eigenvalue weighted by atomic mass is 10.1. The summed E-state index contributed by atoms with van der Waals surface area (Å²) in [6, 6.07) is 12.1. The zero-order valence-electron chi connectivity index (χ0n) is 17.0. The Morgan fingerprint density at radius 2 is 1.74 bits per heavy atom. The van der Waals surface area contributed by atoms with Crippen LogP contribution in [0.1, 0.15) is 22.7 Å². The Bertz CT molecular complexity index is 803. The van der Waals surface area contributed by atoms with Crippen molar-refractivity contribution in [1.82, 2.24) is 4.90 Å². The molecule has 1 atom stereocenters. The van der Waals surface area contributed by atoms with Gasteiger partial charge in [0.25, 0.3) is 0 Å². The number of nitrogens with one attached hydrogen (secondary N) is 1. The number of aryl methyl sites for hydroxylation is 2. The quantitative estimate of drug-likeness (QED) is 0.578. The van der Waals surface area contributed by atoms with Crippen molar-refractivity contribution in [1.29, 1.82) is 0 Å². The molecule has 0 fully saturated rings. The lowest BCUT2D eigenvalue weighted by Gasteiger charge is -2.24. The minimum absolute atomic E-state index is 0.0601. The Labute approximate surface area is 162 Å². The first-order valence-corrected chi connectivity index (χ1v) is 8.88. The van der Waals surface area contributed by atoms with Gasteiger partial charge in [-0.15, -0.1) is 0 Å². The third kappa shape index (κ3) is 5.37. The van der Waals surface area contributed by atoms with E-state index in [4.69, 9.17) is 15.2 Å². The van der Waals surface area contributed by atoms with E-state index in [1.54, 1.807) is 14.2 Å². The summed E-state index contributed by atoms with van der Waals surface area (Å²) in [6.07, 6.45) is 0. The van der Waals surface area contributed by atoms with Crippen LogP contribution in [0, 0.1) is 13.8 Å². The van der Waals surface area contributed by atoms with E-state index in [-0.39, 0.29) is 6.04 Å². The van der Waals surface area contributed by atoms with Crippen LogP contribution in [-0.2, 0) is 0 Å². The molecule has 2 aromatic rings. The Morgan fingerprint density at radius 1 is 1.04 bits per heavy atom. The van der Waals surface area contributed by atoms with E-state index in [2.05, 4.69) is 41.2 Å². The number of likely N-dealkylation sites (N-methyl/N-ethyl adjacent to an activating group) is 1. The van der Waals surface area contributed by atoms with Crippen LogP contribution < -0.4 is 20.5 Å². The molecular weight excluding hydrogens is 340 g/mol. The van der Waals surface area contributed by atoms with Crippen molar-refractivity contribution in [3.8, 4) is 11.5 Å². The molecule has 6 heteroatoms. The molecule has 0 bridgehead atoms. The van der Waals surface area contributed by atoms with Gasteiger partial charge in [0, 0.05) is 5.69 Å². The number of hydrogen-bond acceptors (Lipinski definition) is 4. The normalized spacial score (nSPS) is 12.8. The number of rotatable bonds is 7. The monoisotopic (exact) mass is 370 g/mol. The predicted octanol–water partition coefficient (Wildman–Crippen LogP) is 3.35. The second-order valence-electron chi connectivity index (χ2n) is 6.74. The number of aliphatic imine (C=N–C) groups is 1. The number of nitrogens with two attached hydrogens (primary N) is 1. The first kappa shape index (κ1) is 20.6. The molecule has 0 aliphatic rings. The van der Waals surface area contributed by atoms with E-state index in [9.17, 15) is 0 Å². The Hall–Kier alpha value is -2.73. The highest BCUT2D eigenvalue weighted by molar-refractivity contribution is 5.92. The fraction of sp³-hybridized carbons (Fsp3) is 0.381. The molecule has 0 aliphatic heterocycles. The first-order valence-electron chi connectivity index (χ1n) is 8.88. The van der Waals surface area contributed by atoms with Gasteiger partial charge in [-0.2, -0.15) is 0 Å². The van der Waals surface area contributed by atoms with Crippen molar-refractivity contribution >= 4 is 11.6 Å². The maximum atomic E-state index is 6.10. The van der Waals surface area contributed by atoms with Crippen molar-refractivity contribution in [3.63, 3.8) is 0 Å². The maximum Gasteiger partial charge on any atom is 0.193 e. The molecule has 0 aliphatic carbocycles. The van der Waals surface area contributed by atoms with Crippen LogP contribution in [0.2, 0.25) is 0 Å². The topological polar surface area (TPSA) is 72.1 Å². The largest absolute Gasteiger partial charge is 0.493 e. The SMILES string of the molecule is COc1ccc(C(CN=C(N)Nc2ccc(C)c(C)c2)N(C)C)cc1OC. The van der Waals surface area contributed by atoms with E-state index < -0.39 is 0 Å². The van der Waals surface area contributed by atoms with E-state index in [0.29, 0.717) is 24.0 Å². The van der Waals surface area contributed by atoms with Crippen LogP contribution in [0.25, 0.3) is 0 Å². The molecule has 0 spiro atoms. The van der Waals surface area contributed by atoms with E-state index >= 15 is 0 Å². The van der Waals surface area contributed by atoms with Gasteiger partial charge in [0.2, 0.25) is 0 Å². The molecule has 6 nitrogen and oxygen atoms in total. The van der Waals surface area contributed by atoms with Crippen LogP contribution in [0.3, 0.4) is 0 Å². The summed E-state index contributed by atoms with van der Waals surface area (Å²) in [6.45, 7) is 4.68. The molecule has 0 aromatic heterocycles. The summed E-state index contributed by atoms with van der Waals surface area (Å²) in [5.41, 5.74) is 10.6. The number of methoxy groups -OCH3 is 2. The lowest BCUT2D eigenvalue weighted by Crippen LogP contribution is -2.27. The average molecular weight is 370 g/mol. The molecule has 0 heterocycles. The third-order valence-electron chi connectivity index (χ3n) is 4.63. The minimum atomic E-state index is 0.0601. The average Bonchev–Trinajstić information content (AvgIpc) is 2.64. The highest BCUT2D eigenvalue weighted by Crippen LogP contribution is 2.31. The van der Waals surface area contributed by atoms with Crippen LogP contribution in [0.4, 0.5) is 5.69 Å². The first-order chi connectivity index (χ1) is 12.8. The van der Waals surface area contributed by atoms with Gasteiger partial charge in [0.15, 0.2) is 17.5 Å². The third-order valence-corrected chi connectivity index (χ3v) is 4.63. The summed E-state index contributed by atoms with van der Waals surface area (Å²) < 4.78 is 10.7. The number of anilines is 1. The number of ether oxygens (including phenoxy) is 2. The van der Waals surface area contributed by atoms with Crippen molar-refractivity contribution in [2.24, 2.45) is 10.7 Å². The van der Waals surface area contributed by atoms with E-state index in [1.165, 1.54) is 11.1 Å². The second-order valence-corrected chi connectivity index (χ2v) is 6.74. The standard InChI is InChI=1S/C21H30N4O2/c1-14-7-9-17(11-15(14)2)24-21(22)23-13-18(25(3)4)16-8-10-19(26-5)20(12-16)27-6/h7-12,18H,13H2,1-6H3,(H3,22,23,24). The van der Waals surface area contributed by atoms with Crippen molar-refractivity contribution in [3.05, 3.63) is 53.1 Å². The minimum Gasteiger partial charge on any atom is -0.493 e. The summed E-state index contributed by atoms with van der Waals surface area (Å²) >= 11 is 0. The van der Waals surface area contributed by atoms with Crippen molar-refractivity contribution < 1.29 is 9.47 Å². The Kier molecular flexibility index (Phi) is 7.07. The van der Waals surface area contributed by atoms with Gasteiger partial charge in [-0.05, 0) is 68.9 Å². The molecule has 2 rings (SSSR count). The van der Waals surface area contributed by atoms with E-state index in [0.717, 1.165) is 11.3 Å². The molecule has 27 heavy (non-hydrogen) atoms. The summed E-state index contributed by atoms with van der Waals surface area (Å²) in [5.74, 6) is 1.80. The van der Waals surface area contributed by atoms with Gasteiger partial charge < -0.3 is 25.4 Å². The number of guanidine groups is 1. The molecule has 146 valence electrons. The summed E-state index contributed by atoms with van der Waals surface area (Å²) in [4.78, 5) is 6.64. The van der Waals surface area contributed by atoms with Crippen molar-refractivity contribution in [2.45, 2.75) is 19.9 Å². The maximum absolute atomic E-state index is 6.10. The Morgan fingerprint density at radius 3 is 2.33 bits per heavy atom. The van der Waals surface area contributed by atoms with Crippen LogP contribution in [0.15, 0.2) is 41.4 Å². The van der Waals surface area contributed by atoms with Gasteiger partial charge in [-0.1, -0.05) is 12.1 Å². The molecule has 0 amide bonds. The van der Waals surface area contributed by atoms with Gasteiger partial charge in [0.05, 0.1) is 26.8 Å².